The molecule has 4 heteroatoms. The van der Waals surface area contributed by atoms with Crippen molar-refractivity contribution in [2.75, 3.05) is 12.4 Å². The number of rotatable bonds is 4. The summed E-state index contributed by atoms with van der Waals surface area (Å²) in [6.07, 6.45) is 3.18. The van der Waals surface area contributed by atoms with Crippen molar-refractivity contribution in [3.63, 3.8) is 0 Å². The highest BCUT2D eigenvalue weighted by atomic mass is 35.5. The number of para-hydroxylation sites is 1. The van der Waals surface area contributed by atoms with Crippen LogP contribution in [0.1, 0.15) is 5.56 Å². The largest absolute Gasteiger partial charge is 0.496 e. The second-order valence-corrected chi connectivity index (χ2v) is 4.51. The van der Waals surface area contributed by atoms with Gasteiger partial charge in [0.1, 0.15) is 5.75 Å². The Kier molecular flexibility index (Phi) is 4.80. The van der Waals surface area contributed by atoms with Gasteiger partial charge in [0.05, 0.1) is 7.11 Å². The van der Waals surface area contributed by atoms with E-state index in [1.54, 1.807) is 37.5 Å². The van der Waals surface area contributed by atoms with E-state index in [2.05, 4.69) is 5.32 Å². The van der Waals surface area contributed by atoms with Gasteiger partial charge in [-0.05, 0) is 36.4 Å². The smallest absolute Gasteiger partial charge is 0.248 e. The summed E-state index contributed by atoms with van der Waals surface area (Å²) in [5.41, 5.74) is 1.55. The Morgan fingerprint density at radius 1 is 1.15 bits per heavy atom. The zero-order chi connectivity index (χ0) is 14.4. The summed E-state index contributed by atoms with van der Waals surface area (Å²) in [5.74, 6) is 0.515. The Morgan fingerprint density at radius 3 is 2.55 bits per heavy atom. The summed E-state index contributed by atoms with van der Waals surface area (Å²) in [5, 5.41) is 3.38. The number of carbonyl (C=O) groups excluding carboxylic acids is 1. The molecule has 0 bridgehead atoms. The minimum Gasteiger partial charge on any atom is -0.496 e. The first-order chi connectivity index (χ1) is 9.69. The second kappa shape index (κ2) is 6.78. The molecule has 0 saturated carbocycles. The third kappa shape index (κ3) is 3.87. The Morgan fingerprint density at radius 2 is 1.85 bits per heavy atom. The van der Waals surface area contributed by atoms with E-state index in [1.807, 2.05) is 24.3 Å². The van der Waals surface area contributed by atoms with Gasteiger partial charge in [-0.3, -0.25) is 4.79 Å². The molecule has 0 radical (unpaired) electrons. The zero-order valence-corrected chi connectivity index (χ0v) is 11.7. The number of amides is 1. The van der Waals surface area contributed by atoms with Crippen LogP contribution < -0.4 is 10.1 Å². The SMILES string of the molecule is COc1ccccc1/C=C/C(=O)Nc1ccc(Cl)cc1. The van der Waals surface area contributed by atoms with Gasteiger partial charge >= 0.3 is 0 Å². The van der Waals surface area contributed by atoms with E-state index in [0.29, 0.717) is 10.7 Å². The fourth-order valence-corrected chi connectivity index (χ4v) is 1.81. The molecule has 0 unspecified atom stereocenters. The lowest BCUT2D eigenvalue weighted by atomic mass is 10.2. The first-order valence-corrected chi connectivity index (χ1v) is 6.44. The zero-order valence-electron chi connectivity index (χ0n) is 11.0. The fourth-order valence-electron chi connectivity index (χ4n) is 1.69. The highest BCUT2D eigenvalue weighted by molar-refractivity contribution is 6.30. The molecule has 20 heavy (non-hydrogen) atoms. The normalized spacial score (nSPS) is 10.5. The highest BCUT2D eigenvalue weighted by Gasteiger charge is 2.00. The van der Waals surface area contributed by atoms with Gasteiger partial charge < -0.3 is 10.1 Å². The first kappa shape index (κ1) is 14.2. The van der Waals surface area contributed by atoms with Crippen LogP contribution in [0.4, 0.5) is 5.69 Å². The van der Waals surface area contributed by atoms with Crippen LogP contribution in [-0.2, 0) is 4.79 Å². The van der Waals surface area contributed by atoms with Crippen LogP contribution in [0.2, 0.25) is 5.02 Å². The van der Waals surface area contributed by atoms with Gasteiger partial charge in [-0.25, -0.2) is 0 Å². The maximum Gasteiger partial charge on any atom is 0.248 e. The van der Waals surface area contributed by atoms with Crippen LogP contribution in [0.25, 0.3) is 6.08 Å². The third-order valence-corrected chi connectivity index (χ3v) is 2.92. The summed E-state index contributed by atoms with van der Waals surface area (Å²) in [4.78, 5) is 11.8. The van der Waals surface area contributed by atoms with E-state index in [-0.39, 0.29) is 5.91 Å². The number of carbonyl (C=O) groups is 1. The minimum absolute atomic E-state index is 0.210. The van der Waals surface area contributed by atoms with Gasteiger partial charge in [-0.2, -0.15) is 0 Å². The summed E-state index contributed by atoms with van der Waals surface area (Å²) < 4.78 is 5.21. The third-order valence-electron chi connectivity index (χ3n) is 2.66. The summed E-state index contributed by atoms with van der Waals surface area (Å²) >= 11 is 5.78. The maximum atomic E-state index is 11.8. The molecule has 2 aromatic rings. The van der Waals surface area contributed by atoms with Gasteiger partial charge in [-0.15, -0.1) is 0 Å². The van der Waals surface area contributed by atoms with E-state index in [4.69, 9.17) is 16.3 Å². The quantitative estimate of drug-likeness (QED) is 0.863. The van der Waals surface area contributed by atoms with Crippen LogP contribution in [-0.4, -0.2) is 13.0 Å². The van der Waals surface area contributed by atoms with E-state index < -0.39 is 0 Å². The minimum atomic E-state index is -0.210. The summed E-state index contributed by atoms with van der Waals surface area (Å²) in [6, 6.07) is 14.4. The predicted octanol–water partition coefficient (Wildman–Crippen LogP) is 4.00. The molecular formula is C16H14ClNO2. The molecule has 0 aliphatic rings. The van der Waals surface area contributed by atoms with Crippen LogP contribution in [0.3, 0.4) is 0 Å². The van der Waals surface area contributed by atoms with Crippen LogP contribution in [0, 0.1) is 0 Å². The lowest BCUT2D eigenvalue weighted by Gasteiger charge is -2.04. The van der Waals surface area contributed by atoms with E-state index >= 15 is 0 Å². The summed E-state index contributed by atoms with van der Waals surface area (Å²) in [6.45, 7) is 0. The van der Waals surface area contributed by atoms with Crippen LogP contribution >= 0.6 is 11.6 Å². The van der Waals surface area contributed by atoms with Crippen molar-refractivity contribution in [3.8, 4) is 5.75 Å². The molecule has 2 rings (SSSR count). The van der Waals surface area contributed by atoms with Gasteiger partial charge in [-0.1, -0.05) is 29.8 Å². The van der Waals surface area contributed by atoms with Crippen LogP contribution in [0.15, 0.2) is 54.6 Å². The van der Waals surface area contributed by atoms with Crippen molar-refractivity contribution in [3.05, 3.63) is 65.2 Å². The van der Waals surface area contributed by atoms with Crippen molar-refractivity contribution in [1.82, 2.24) is 0 Å². The van der Waals surface area contributed by atoms with Gasteiger partial charge in [0.2, 0.25) is 5.91 Å². The van der Waals surface area contributed by atoms with Crippen molar-refractivity contribution < 1.29 is 9.53 Å². The molecule has 0 heterocycles. The monoisotopic (exact) mass is 287 g/mol. The number of hydrogen-bond donors (Lipinski definition) is 1. The molecule has 0 saturated heterocycles. The number of methoxy groups -OCH3 is 1. The highest BCUT2D eigenvalue weighted by Crippen LogP contribution is 2.19. The number of nitrogens with one attached hydrogen (secondary N) is 1. The molecule has 1 N–H and O–H groups in total. The maximum absolute atomic E-state index is 11.8. The fraction of sp³-hybridized carbons (Fsp3) is 0.0625. The van der Waals surface area contributed by atoms with Crippen molar-refractivity contribution in [2.45, 2.75) is 0 Å². The molecule has 0 atom stereocenters. The second-order valence-electron chi connectivity index (χ2n) is 4.07. The topological polar surface area (TPSA) is 38.3 Å². The van der Waals surface area contributed by atoms with E-state index in [9.17, 15) is 4.79 Å². The van der Waals surface area contributed by atoms with Crippen molar-refractivity contribution >= 4 is 29.3 Å². The number of anilines is 1. The summed E-state index contributed by atoms with van der Waals surface area (Å²) in [7, 11) is 1.60. The molecule has 0 spiro atoms. The number of halogens is 1. The van der Waals surface area contributed by atoms with E-state index in [1.165, 1.54) is 6.08 Å². The lowest BCUT2D eigenvalue weighted by Crippen LogP contribution is -2.07. The lowest BCUT2D eigenvalue weighted by molar-refractivity contribution is -0.111. The Balaban J connectivity index is 2.04. The molecule has 0 fully saturated rings. The van der Waals surface area contributed by atoms with Gasteiger partial charge in [0, 0.05) is 22.3 Å². The van der Waals surface area contributed by atoms with Gasteiger partial charge in [0.15, 0.2) is 0 Å². The molecule has 3 nitrogen and oxygen atoms in total. The molecule has 0 aliphatic carbocycles. The molecule has 102 valence electrons. The molecule has 2 aromatic carbocycles. The van der Waals surface area contributed by atoms with Crippen molar-refractivity contribution in [1.29, 1.82) is 0 Å². The molecular weight excluding hydrogens is 274 g/mol. The van der Waals surface area contributed by atoms with Crippen LogP contribution in [0.5, 0.6) is 5.75 Å². The number of benzene rings is 2. The Labute approximate surface area is 122 Å². The molecule has 0 aromatic heterocycles. The molecule has 1 amide bonds. The molecule has 0 aliphatic heterocycles. The average Bonchev–Trinajstić information content (AvgIpc) is 2.48. The van der Waals surface area contributed by atoms with Crippen molar-refractivity contribution in [2.24, 2.45) is 0 Å². The standard InChI is InChI=1S/C16H14ClNO2/c1-20-15-5-3-2-4-12(15)6-11-16(19)18-14-9-7-13(17)8-10-14/h2-11H,1H3,(H,18,19)/b11-6+. The average molecular weight is 288 g/mol. The Hall–Kier alpha value is -2.26. The number of ether oxygens (including phenoxy) is 1. The van der Waals surface area contributed by atoms with Gasteiger partial charge in [0.25, 0.3) is 0 Å². The predicted molar refractivity (Wildman–Crippen MR) is 82.1 cm³/mol. The first-order valence-electron chi connectivity index (χ1n) is 6.06. The number of hydrogen-bond acceptors (Lipinski definition) is 2. The van der Waals surface area contributed by atoms with E-state index in [0.717, 1.165) is 11.3 Å². The Bertz CT molecular complexity index is 621.